The summed E-state index contributed by atoms with van der Waals surface area (Å²) in [5.41, 5.74) is 1.68. The molecule has 2 aromatic heterocycles. The summed E-state index contributed by atoms with van der Waals surface area (Å²) in [4.78, 5) is 25.9. The van der Waals surface area contributed by atoms with Crippen molar-refractivity contribution in [1.29, 1.82) is 0 Å². The fourth-order valence-corrected chi connectivity index (χ4v) is 3.70. The zero-order valence-corrected chi connectivity index (χ0v) is 17.4. The summed E-state index contributed by atoms with van der Waals surface area (Å²) in [6.45, 7) is 4.51. The Morgan fingerprint density at radius 1 is 1.20 bits per heavy atom. The Labute approximate surface area is 177 Å². The molecule has 0 unspecified atom stereocenters. The van der Waals surface area contributed by atoms with Gasteiger partial charge in [-0.15, -0.1) is 0 Å². The Morgan fingerprint density at radius 2 is 1.97 bits per heavy atom. The number of nitrogens with zero attached hydrogens (tertiary/aromatic N) is 2. The van der Waals surface area contributed by atoms with Crippen LogP contribution in [0.1, 0.15) is 28.7 Å². The molecule has 4 rings (SSSR count). The maximum absolute atomic E-state index is 12.9. The standard InChI is InChI=1S/C22H20N4O3S/c1-3-26-17(24-25-22(26)30)12-23-21(28)16-11-7-10-15-18(27)13(2)19(29-20(15)16)14-8-5-4-6-9-14/h4-11H,3,12H2,1-2H3,(H,23,28)(H,25,30). The number of carbonyl (C=O) groups is 1. The van der Waals surface area contributed by atoms with E-state index in [4.69, 9.17) is 16.6 Å². The van der Waals surface area contributed by atoms with Crippen LogP contribution in [0.25, 0.3) is 22.3 Å². The van der Waals surface area contributed by atoms with E-state index in [-0.39, 0.29) is 23.5 Å². The van der Waals surface area contributed by atoms with Gasteiger partial charge in [0.25, 0.3) is 5.91 Å². The van der Waals surface area contributed by atoms with Gasteiger partial charge in [0.1, 0.15) is 5.76 Å². The number of aromatic amines is 1. The molecule has 152 valence electrons. The highest BCUT2D eigenvalue weighted by Crippen LogP contribution is 2.27. The van der Waals surface area contributed by atoms with Crippen molar-refractivity contribution in [2.45, 2.75) is 26.9 Å². The molecule has 1 amide bonds. The number of benzene rings is 2. The van der Waals surface area contributed by atoms with Crippen LogP contribution >= 0.6 is 12.2 Å². The van der Waals surface area contributed by atoms with Crippen LogP contribution in [0.15, 0.2) is 57.7 Å². The SMILES string of the molecule is CCn1c(CNC(=O)c2cccc3c(=O)c(C)c(-c4ccccc4)oc23)n[nH]c1=S. The van der Waals surface area contributed by atoms with E-state index < -0.39 is 0 Å². The zero-order chi connectivity index (χ0) is 21.3. The number of carbonyl (C=O) groups excluding carboxylic acids is 1. The van der Waals surface area contributed by atoms with Gasteiger partial charge in [-0.25, -0.2) is 0 Å². The van der Waals surface area contributed by atoms with E-state index in [1.165, 1.54) is 0 Å². The summed E-state index contributed by atoms with van der Waals surface area (Å²) < 4.78 is 8.41. The van der Waals surface area contributed by atoms with Crippen molar-refractivity contribution in [2.75, 3.05) is 0 Å². The summed E-state index contributed by atoms with van der Waals surface area (Å²) >= 11 is 5.18. The Bertz CT molecular complexity index is 1350. The molecule has 0 aliphatic rings. The normalized spacial score (nSPS) is 11.0. The molecule has 30 heavy (non-hydrogen) atoms. The Morgan fingerprint density at radius 3 is 2.70 bits per heavy atom. The van der Waals surface area contributed by atoms with Gasteiger partial charge < -0.3 is 14.3 Å². The van der Waals surface area contributed by atoms with Gasteiger partial charge in [0.2, 0.25) is 0 Å². The summed E-state index contributed by atoms with van der Waals surface area (Å²) in [6.07, 6.45) is 0. The molecule has 4 aromatic rings. The second-order valence-electron chi connectivity index (χ2n) is 6.81. The van der Waals surface area contributed by atoms with Gasteiger partial charge in [0.15, 0.2) is 21.6 Å². The van der Waals surface area contributed by atoms with Crippen molar-refractivity contribution in [2.24, 2.45) is 0 Å². The quantitative estimate of drug-likeness (QED) is 0.477. The van der Waals surface area contributed by atoms with E-state index in [9.17, 15) is 9.59 Å². The number of rotatable bonds is 5. The maximum atomic E-state index is 12.9. The summed E-state index contributed by atoms with van der Waals surface area (Å²) in [7, 11) is 0. The van der Waals surface area contributed by atoms with Gasteiger partial charge in [-0.2, -0.15) is 5.10 Å². The first-order valence-electron chi connectivity index (χ1n) is 9.55. The average Bonchev–Trinajstić information content (AvgIpc) is 3.14. The topological polar surface area (TPSA) is 92.9 Å². The van der Waals surface area contributed by atoms with E-state index in [2.05, 4.69) is 15.5 Å². The van der Waals surface area contributed by atoms with E-state index in [0.717, 1.165) is 5.56 Å². The molecule has 0 radical (unpaired) electrons. The zero-order valence-electron chi connectivity index (χ0n) is 16.6. The smallest absolute Gasteiger partial charge is 0.255 e. The van der Waals surface area contributed by atoms with E-state index in [0.29, 0.717) is 39.4 Å². The van der Waals surface area contributed by atoms with Crippen molar-refractivity contribution in [1.82, 2.24) is 20.1 Å². The second-order valence-corrected chi connectivity index (χ2v) is 7.19. The van der Waals surface area contributed by atoms with E-state index in [1.54, 1.807) is 29.7 Å². The molecule has 2 N–H and O–H groups in total. The number of nitrogens with one attached hydrogen (secondary N) is 2. The molecular weight excluding hydrogens is 400 g/mol. The van der Waals surface area contributed by atoms with Crippen molar-refractivity contribution in [3.05, 3.63) is 80.5 Å². The molecule has 2 heterocycles. The molecule has 0 saturated carbocycles. The molecule has 2 aromatic carbocycles. The summed E-state index contributed by atoms with van der Waals surface area (Å²) in [6, 6.07) is 14.4. The number of hydrogen-bond acceptors (Lipinski definition) is 5. The highest BCUT2D eigenvalue weighted by atomic mass is 32.1. The van der Waals surface area contributed by atoms with E-state index in [1.807, 2.05) is 37.3 Å². The largest absolute Gasteiger partial charge is 0.455 e. The minimum atomic E-state index is -0.358. The average molecular weight is 420 g/mol. The van der Waals surface area contributed by atoms with Gasteiger partial charge in [0.05, 0.1) is 17.5 Å². The molecule has 0 aliphatic heterocycles. The van der Waals surface area contributed by atoms with Crippen molar-refractivity contribution in [3.8, 4) is 11.3 Å². The Hall–Kier alpha value is -3.52. The van der Waals surface area contributed by atoms with Crippen LogP contribution in [-0.4, -0.2) is 20.7 Å². The predicted octanol–water partition coefficient (Wildman–Crippen LogP) is 3.97. The predicted molar refractivity (Wildman–Crippen MR) is 117 cm³/mol. The first-order chi connectivity index (χ1) is 14.5. The lowest BCUT2D eigenvalue weighted by molar-refractivity contribution is 0.0950. The van der Waals surface area contributed by atoms with E-state index >= 15 is 0 Å². The van der Waals surface area contributed by atoms with Crippen LogP contribution in [0.2, 0.25) is 0 Å². The molecule has 0 spiro atoms. The van der Waals surface area contributed by atoms with Crippen LogP contribution in [-0.2, 0) is 13.1 Å². The lowest BCUT2D eigenvalue weighted by atomic mass is 10.0. The third kappa shape index (κ3) is 3.46. The lowest BCUT2D eigenvalue weighted by Crippen LogP contribution is -2.25. The van der Waals surface area contributed by atoms with Crippen LogP contribution in [0, 0.1) is 11.7 Å². The minimum absolute atomic E-state index is 0.156. The molecule has 8 heteroatoms. The highest BCUT2D eigenvalue weighted by Gasteiger charge is 2.18. The first kappa shape index (κ1) is 19.8. The minimum Gasteiger partial charge on any atom is -0.455 e. The van der Waals surface area contributed by atoms with Crippen LogP contribution < -0.4 is 10.7 Å². The van der Waals surface area contributed by atoms with Crippen molar-refractivity contribution < 1.29 is 9.21 Å². The molecule has 0 saturated heterocycles. The van der Waals surface area contributed by atoms with Gasteiger partial charge in [0, 0.05) is 17.7 Å². The maximum Gasteiger partial charge on any atom is 0.255 e. The summed E-state index contributed by atoms with van der Waals surface area (Å²) in [5.74, 6) is 0.724. The van der Waals surface area contributed by atoms with Crippen LogP contribution in [0.4, 0.5) is 0 Å². The van der Waals surface area contributed by atoms with Crippen LogP contribution in [0.5, 0.6) is 0 Å². The molecule has 7 nitrogen and oxygen atoms in total. The van der Waals surface area contributed by atoms with Crippen molar-refractivity contribution in [3.63, 3.8) is 0 Å². The molecule has 0 fully saturated rings. The number of amides is 1. The second kappa shape index (κ2) is 8.08. The third-order valence-corrected chi connectivity index (χ3v) is 5.30. The third-order valence-electron chi connectivity index (χ3n) is 4.99. The fraction of sp³-hybridized carbons (Fsp3) is 0.182. The molecule has 0 atom stereocenters. The van der Waals surface area contributed by atoms with Gasteiger partial charge in [-0.3, -0.25) is 14.7 Å². The van der Waals surface area contributed by atoms with Gasteiger partial charge in [-0.05, 0) is 38.2 Å². The van der Waals surface area contributed by atoms with Gasteiger partial charge in [-0.1, -0.05) is 36.4 Å². The highest BCUT2D eigenvalue weighted by molar-refractivity contribution is 7.71. The molecular formula is C22H20N4O3S. The fourth-order valence-electron chi connectivity index (χ4n) is 3.42. The number of fused-ring (bicyclic) bond motifs is 1. The Kier molecular flexibility index (Phi) is 5.33. The number of para-hydroxylation sites is 1. The first-order valence-corrected chi connectivity index (χ1v) is 9.96. The van der Waals surface area contributed by atoms with Gasteiger partial charge >= 0.3 is 0 Å². The number of H-pyrrole nitrogens is 1. The molecule has 0 bridgehead atoms. The molecule has 0 aliphatic carbocycles. The lowest BCUT2D eigenvalue weighted by Gasteiger charge is -2.11. The summed E-state index contributed by atoms with van der Waals surface area (Å²) in [5, 5.41) is 10.1. The number of hydrogen-bond donors (Lipinski definition) is 2. The monoisotopic (exact) mass is 420 g/mol. The van der Waals surface area contributed by atoms with Crippen LogP contribution in [0.3, 0.4) is 0 Å². The Balaban J connectivity index is 1.75. The number of aromatic nitrogens is 3. The van der Waals surface area contributed by atoms with Crippen molar-refractivity contribution >= 4 is 29.1 Å².